The van der Waals surface area contributed by atoms with Crippen LogP contribution in [-0.4, -0.2) is 19.1 Å². The molecule has 2 heterocycles. The molecule has 10 heavy (non-hydrogen) atoms. The van der Waals surface area contributed by atoms with Crippen molar-refractivity contribution >= 4 is 5.91 Å². The van der Waals surface area contributed by atoms with Crippen LogP contribution in [0.3, 0.4) is 0 Å². The number of hydrogen-bond donors (Lipinski definition) is 1. The number of carbonyl (C=O) groups excluding carboxylic acids is 1. The highest BCUT2D eigenvalue weighted by Gasteiger charge is 2.31. The maximum absolute atomic E-state index is 11.0. The Hall–Kier alpha value is -0.990. The third-order valence-electron chi connectivity index (χ3n) is 1.91. The molecule has 2 aliphatic heterocycles. The first kappa shape index (κ1) is 5.77. The molecule has 0 radical (unpaired) electrons. The van der Waals surface area contributed by atoms with Crippen molar-refractivity contribution in [1.82, 2.24) is 5.32 Å². The Kier molecular flexibility index (Phi) is 1.16. The van der Waals surface area contributed by atoms with Gasteiger partial charge in [0.25, 0.3) is 0 Å². The van der Waals surface area contributed by atoms with E-state index < -0.39 is 0 Å². The van der Waals surface area contributed by atoms with Crippen molar-refractivity contribution in [3.8, 4) is 0 Å². The van der Waals surface area contributed by atoms with Gasteiger partial charge in [0.2, 0.25) is 5.91 Å². The molecule has 0 aromatic carbocycles. The third-order valence-corrected chi connectivity index (χ3v) is 1.91. The first-order chi connectivity index (χ1) is 4.88. The second kappa shape index (κ2) is 2.01. The molecule has 54 valence electrons. The normalized spacial score (nSPS) is 30.2. The average Bonchev–Trinajstić information content (AvgIpc) is 2.36. The second-order valence-corrected chi connectivity index (χ2v) is 2.54. The molecule has 0 aliphatic carbocycles. The number of ether oxygens (including phenoxy) is 1. The quantitative estimate of drug-likeness (QED) is 0.514. The SMILES string of the molecule is O=C1NCC=C2OCCC12. The number of carbonyl (C=O) groups is 1. The van der Waals surface area contributed by atoms with Crippen molar-refractivity contribution in [3.63, 3.8) is 0 Å². The largest absolute Gasteiger partial charge is 0.497 e. The van der Waals surface area contributed by atoms with E-state index in [1.165, 1.54) is 0 Å². The lowest BCUT2D eigenvalue weighted by Crippen LogP contribution is -2.34. The summed E-state index contributed by atoms with van der Waals surface area (Å²) in [4.78, 5) is 11.0. The molecule has 1 fully saturated rings. The van der Waals surface area contributed by atoms with E-state index >= 15 is 0 Å². The molecule has 1 atom stereocenters. The monoisotopic (exact) mass is 139 g/mol. The summed E-state index contributed by atoms with van der Waals surface area (Å²) in [5, 5.41) is 2.76. The molecule has 2 aliphatic rings. The van der Waals surface area contributed by atoms with Gasteiger partial charge >= 0.3 is 0 Å². The predicted octanol–water partition coefficient (Wildman–Crippen LogP) is 0.0366. The molecule has 0 bridgehead atoms. The maximum atomic E-state index is 11.0. The van der Waals surface area contributed by atoms with E-state index in [1.54, 1.807) is 0 Å². The number of amides is 1. The smallest absolute Gasteiger partial charge is 0.231 e. The molecular formula is C7H9NO2. The fourth-order valence-electron chi connectivity index (χ4n) is 1.37. The van der Waals surface area contributed by atoms with Gasteiger partial charge in [-0.05, 0) is 6.08 Å². The topological polar surface area (TPSA) is 38.3 Å². The van der Waals surface area contributed by atoms with Crippen LogP contribution in [0.15, 0.2) is 11.8 Å². The first-order valence-electron chi connectivity index (χ1n) is 3.48. The van der Waals surface area contributed by atoms with E-state index in [4.69, 9.17) is 4.74 Å². The summed E-state index contributed by atoms with van der Waals surface area (Å²) < 4.78 is 5.23. The summed E-state index contributed by atoms with van der Waals surface area (Å²) in [5.41, 5.74) is 0. The van der Waals surface area contributed by atoms with Crippen LogP contribution in [0.4, 0.5) is 0 Å². The van der Waals surface area contributed by atoms with Gasteiger partial charge in [-0.1, -0.05) is 0 Å². The van der Waals surface area contributed by atoms with E-state index in [1.807, 2.05) is 6.08 Å². The van der Waals surface area contributed by atoms with Crippen LogP contribution in [0.2, 0.25) is 0 Å². The molecule has 1 unspecified atom stereocenters. The van der Waals surface area contributed by atoms with E-state index in [2.05, 4.69) is 5.32 Å². The number of hydrogen-bond acceptors (Lipinski definition) is 2. The summed E-state index contributed by atoms with van der Waals surface area (Å²) in [7, 11) is 0. The van der Waals surface area contributed by atoms with Crippen molar-refractivity contribution in [2.45, 2.75) is 6.42 Å². The highest BCUT2D eigenvalue weighted by atomic mass is 16.5. The van der Waals surface area contributed by atoms with E-state index in [9.17, 15) is 4.79 Å². The summed E-state index contributed by atoms with van der Waals surface area (Å²) in [6.45, 7) is 1.33. The second-order valence-electron chi connectivity index (χ2n) is 2.54. The zero-order valence-electron chi connectivity index (χ0n) is 5.59. The Morgan fingerprint density at radius 1 is 1.70 bits per heavy atom. The molecule has 1 amide bonds. The Morgan fingerprint density at radius 3 is 3.40 bits per heavy atom. The van der Waals surface area contributed by atoms with Crippen LogP contribution in [0.25, 0.3) is 0 Å². The molecule has 2 rings (SSSR count). The van der Waals surface area contributed by atoms with Crippen LogP contribution in [0.1, 0.15) is 6.42 Å². The van der Waals surface area contributed by atoms with Crippen molar-refractivity contribution in [1.29, 1.82) is 0 Å². The number of fused-ring (bicyclic) bond motifs is 1. The van der Waals surface area contributed by atoms with Crippen LogP contribution in [0, 0.1) is 5.92 Å². The van der Waals surface area contributed by atoms with Crippen LogP contribution < -0.4 is 5.32 Å². The molecule has 3 heteroatoms. The van der Waals surface area contributed by atoms with Crippen molar-refractivity contribution < 1.29 is 9.53 Å². The zero-order valence-corrected chi connectivity index (χ0v) is 5.59. The lowest BCUT2D eigenvalue weighted by Gasteiger charge is -2.14. The van der Waals surface area contributed by atoms with Gasteiger partial charge in [0, 0.05) is 13.0 Å². The van der Waals surface area contributed by atoms with Gasteiger partial charge in [0.05, 0.1) is 12.5 Å². The highest BCUT2D eigenvalue weighted by molar-refractivity contribution is 5.82. The van der Waals surface area contributed by atoms with E-state index in [0.717, 1.165) is 12.2 Å². The van der Waals surface area contributed by atoms with Gasteiger partial charge in [-0.25, -0.2) is 0 Å². The fraction of sp³-hybridized carbons (Fsp3) is 0.571. The summed E-state index contributed by atoms with van der Waals surface area (Å²) in [6, 6.07) is 0. The Bertz CT molecular complexity index is 198. The summed E-state index contributed by atoms with van der Waals surface area (Å²) in [6.07, 6.45) is 2.79. The average molecular weight is 139 g/mol. The highest BCUT2D eigenvalue weighted by Crippen LogP contribution is 2.26. The Labute approximate surface area is 59.1 Å². The number of rotatable bonds is 0. The zero-order chi connectivity index (χ0) is 6.97. The molecule has 0 spiro atoms. The van der Waals surface area contributed by atoms with Gasteiger partial charge in [-0.3, -0.25) is 4.79 Å². The third kappa shape index (κ3) is 0.701. The van der Waals surface area contributed by atoms with Gasteiger partial charge < -0.3 is 10.1 Å². The van der Waals surface area contributed by atoms with Gasteiger partial charge in [0.15, 0.2) is 0 Å². The van der Waals surface area contributed by atoms with Crippen LogP contribution in [0.5, 0.6) is 0 Å². The molecule has 0 saturated carbocycles. The van der Waals surface area contributed by atoms with Crippen molar-refractivity contribution in [2.24, 2.45) is 5.92 Å². The minimum atomic E-state index is 0.0220. The Morgan fingerprint density at radius 2 is 2.60 bits per heavy atom. The molecular weight excluding hydrogens is 130 g/mol. The molecule has 1 saturated heterocycles. The van der Waals surface area contributed by atoms with Crippen molar-refractivity contribution in [2.75, 3.05) is 13.2 Å². The minimum absolute atomic E-state index is 0.0220. The lowest BCUT2D eigenvalue weighted by molar-refractivity contribution is -0.124. The Balaban J connectivity index is 2.26. The molecule has 3 nitrogen and oxygen atoms in total. The lowest BCUT2D eigenvalue weighted by atomic mass is 10.0. The molecule has 0 aromatic heterocycles. The van der Waals surface area contributed by atoms with Gasteiger partial charge in [-0.15, -0.1) is 0 Å². The van der Waals surface area contributed by atoms with Gasteiger partial charge in [-0.2, -0.15) is 0 Å². The van der Waals surface area contributed by atoms with E-state index in [0.29, 0.717) is 13.2 Å². The summed E-state index contributed by atoms with van der Waals surface area (Å²) in [5.74, 6) is 1.02. The van der Waals surface area contributed by atoms with E-state index in [-0.39, 0.29) is 11.8 Å². The van der Waals surface area contributed by atoms with Crippen molar-refractivity contribution in [3.05, 3.63) is 11.8 Å². The molecule has 0 aromatic rings. The fourth-order valence-corrected chi connectivity index (χ4v) is 1.37. The predicted molar refractivity (Wildman–Crippen MR) is 35.2 cm³/mol. The maximum Gasteiger partial charge on any atom is 0.231 e. The van der Waals surface area contributed by atoms with Crippen LogP contribution in [-0.2, 0) is 9.53 Å². The van der Waals surface area contributed by atoms with Gasteiger partial charge in [0.1, 0.15) is 5.76 Å². The molecule has 1 N–H and O–H groups in total. The first-order valence-corrected chi connectivity index (χ1v) is 3.48. The minimum Gasteiger partial charge on any atom is -0.497 e. The standard InChI is InChI=1S/C7H9NO2/c9-7-5-2-4-10-6(5)1-3-8-7/h1,5H,2-4H2,(H,8,9). The number of nitrogens with one attached hydrogen (secondary N) is 1. The summed E-state index contributed by atoms with van der Waals surface area (Å²) >= 11 is 0. The van der Waals surface area contributed by atoms with Crippen LogP contribution >= 0.6 is 0 Å².